The first kappa shape index (κ1) is 17.0. The third-order valence-electron chi connectivity index (χ3n) is 4.74. The molecular formula is C21H22N2O2. The molecule has 1 heterocycles. The van der Waals surface area contributed by atoms with Crippen LogP contribution < -0.4 is 5.73 Å². The van der Waals surface area contributed by atoms with Crippen LogP contribution in [-0.4, -0.2) is 29.3 Å². The van der Waals surface area contributed by atoms with Crippen LogP contribution in [0.25, 0.3) is 6.08 Å². The summed E-state index contributed by atoms with van der Waals surface area (Å²) in [5.74, 6) is -0.0437. The number of hydrogen-bond acceptors (Lipinski definition) is 2. The number of carbonyl (C=O) groups excluding carboxylic acids is 2. The lowest BCUT2D eigenvalue weighted by molar-refractivity contribution is -0.126. The third-order valence-corrected chi connectivity index (χ3v) is 4.74. The van der Waals surface area contributed by atoms with E-state index >= 15 is 0 Å². The average molecular weight is 334 g/mol. The zero-order chi connectivity index (χ0) is 17.8. The predicted octanol–water partition coefficient (Wildman–Crippen LogP) is 3.20. The minimum absolute atomic E-state index is 0.0184. The van der Waals surface area contributed by atoms with E-state index in [0.717, 1.165) is 18.5 Å². The van der Waals surface area contributed by atoms with Gasteiger partial charge in [0, 0.05) is 30.1 Å². The molecule has 2 aromatic rings. The maximum absolute atomic E-state index is 12.5. The molecule has 0 aromatic heterocycles. The number of carbonyl (C=O) groups is 2. The van der Waals surface area contributed by atoms with Crippen LogP contribution in [0.3, 0.4) is 0 Å². The second-order valence-corrected chi connectivity index (χ2v) is 6.50. The monoisotopic (exact) mass is 334 g/mol. The summed E-state index contributed by atoms with van der Waals surface area (Å²) < 4.78 is 0. The number of rotatable bonds is 4. The Balaban J connectivity index is 1.65. The highest BCUT2D eigenvalue weighted by Crippen LogP contribution is 2.31. The Morgan fingerprint density at radius 1 is 1.08 bits per heavy atom. The fourth-order valence-corrected chi connectivity index (χ4v) is 3.33. The van der Waals surface area contributed by atoms with Crippen molar-refractivity contribution in [1.82, 2.24) is 4.90 Å². The molecule has 2 unspecified atom stereocenters. The lowest BCUT2D eigenvalue weighted by atomic mass is 9.97. The summed E-state index contributed by atoms with van der Waals surface area (Å²) in [6, 6.07) is 17.5. The Labute approximate surface area is 148 Å². The summed E-state index contributed by atoms with van der Waals surface area (Å²) in [7, 11) is 0. The number of primary amides is 1. The van der Waals surface area contributed by atoms with E-state index in [0.29, 0.717) is 11.5 Å². The standard InChI is InChI=1S/C21H22N2O2/c1-15-13-19(17-5-3-2-4-6-17)14-23(15)20(24)12-9-16-7-10-18(11-8-16)21(22)25/h2-12,15,19H,13-14H2,1H3,(H2,22,25)/b12-9+. The van der Waals surface area contributed by atoms with Crippen molar-refractivity contribution in [2.45, 2.75) is 25.3 Å². The van der Waals surface area contributed by atoms with Crippen molar-refractivity contribution in [3.8, 4) is 0 Å². The first-order valence-corrected chi connectivity index (χ1v) is 8.48. The summed E-state index contributed by atoms with van der Waals surface area (Å²) in [4.78, 5) is 25.5. The van der Waals surface area contributed by atoms with Gasteiger partial charge in [-0.25, -0.2) is 0 Å². The molecule has 1 saturated heterocycles. The molecule has 2 N–H and O–H groups in total. The lowest BCUT2D eigenvalue weighted by Crippen LogP contribution is -2.32. The van der Waals surface area contributed by atoms with Crippen molar-refractivity contribution in [3.05, 3.63) is 77.4 Å². The van der Waals surface area contributed by atoms with Crippen LogP contribution in [0.2, 0.25) is 0 Å². The zero-order valence-electron chi connectivity index (χ0n) is 14.3. The van der Waals surface area contributed by atoms with E-state index in [-0.39, 0.29) is 11.9 Å². The van der Waals surface area contributed by atoms with Crippen molar-refractivity contribution >= 4 is 17.9 Å². The molecule has 0 bridgehead atoms. The number of nitrogens with two attached hydrogens (primary N) is 1. The molecule has 4 nitrogen and oxygen atoms in total. The molecule has 1 fully saturated rings. The van der Waals surface area contributed by atoms with Crippen LogP contribution >= 0.6 is 0 Å². The van der Waals surface area contributed by atoms with Gasteiger partial charge in [-0.05, 0) is 42.7 Å². The molecule has 2 aromatic carbocycles. The molecule has 0 spiro atoms. The Kier molecular flexibility index (Phi) is 4.98. The lowest BCUT2D eigenvalue weighted by Gasteiger charge is -2.19. The van der Waals surface area contributed by atoms with Crippen molar-refractivity contribution in [2.24, 2.45) is 5.73 Å². The highest BCUT2D eigenvalue weighted by molar-refractivity contribution is 5.94. The van der Waals surface area contributed by atoms with E-state index in [9.17, 15) is 9.59 Å². The molecule has 4 heteroatoms. The van der Waals surface area contributed by atoms with E-state index in [1.165, 1.54) is 5.56 Å². The van der Waals surface area contributed by atoms with Gasteiger partial charge < -0.3 is 10.6 Å². The van der Waals surface area contributed by atoms with Gasteiger partial charge in [-0.3, -0.25) is 9.59 Å². The molecule has 3 rings (SSSR count). The molecular weight excluding hydrogens is 312 g/mol. The van der Waals surface area contributed by atoms with Gasteiger partial charge in [0.1, 0.15) is 0 Å². The number of hydrogen-bond donors (Lipinski definition) is 1. The maximum atomic E-state index is 12.5. The second-order valence-electron chi connectivity index (χ2n) is 6.50. The van der Waals surface area contributed by atoms with Gasteiger partial charge in [0.25, 0.3) is 0 Å². The molecule has 0 saturated carbocycles. The second kappa shape index (κ2) is 7.34. The highest BCUT2D eigenvalue weighted by atomic mass is 16.2. The molecule has 0 radical (unpaired) electrons. The van der Waals surface area contributed by atoms with Gasteiger partial charge in [0.05, 0.1) is 0 Å². The number of amides is 2. The molecule has 25 heavy (non-hydrogen) atoms. The molecule has 1 aliphatic heterocycles. The Morgan fingerprint density at radius 3 is 2.40 bits per heavy atom. The minimum Gasteiger partial charge on any atom is -0.366 e. The van der Waals surface area contributed by atoms with E-state index in [1.54, 1.807) is 36.4 Å². The topological polar surface area (TPSA) is 63.4 Å². The number of benzene rings is 2. The fourth-order valence-electron chi connectivity index (χ4n) is 3.33. The van der Waals surface area contributed by atoms with Crippen LogP contribution in [0.5, 0.6) is 0 Å². The normalized spacial score (nSPS) is 20.1. The molecule has 2 atom stereocenters. The summed E-state index contributed by atoms with van der Waals surface area (Å²) in [5, 5.41) is 0. The summed E-state index contributed by atoms with van der Waals surface area (Å²) in [6.07, 6.45) is 4.36. The third kappa shape index (κ3) is 3.97. The van der Waals surface area contributed by atoms with Crippen LogP contribution in [0.4, 0.5) is 0 Å². The van der Waals surface area contributed by atoms with Gasteiger partial charge in [0.15, 0.2) is 0 Å². The summed E-state index contributed by atoms with van der Waals surface area (Å²) in [5.41, 5.74) is 7.84. The van der Waals surface area contributed by atoms with Gasteiger partial charge in [-0.1, -0.05) is 42.5 Å². The van der Waals surface area contributed by atoms with Crippen LogP contribution in [0.15, 0.2) is 60.7 Å². The van der Waals surface area contributed by atoms with Crippen LogP contribution in [-0.2, 0) is 4.79 Å². The fraction of sp³-hybridized carbons (Fsp3) is 0.238. The smallest absolute Gasteiger partial charge is 0.248 e. The Hall–Kier alpha value is -2.88. The Bertz CT molecular complexity index is 781. The van der Waals surface area contributed by atoms with Crippen molar-refractivity contribution in [2.75, 3.05) is 6.54 Å². The summed E-state index contributed by atoms with van der Waals surface area (Å²) >= 11 is 0. The zero-order valence-corrected chi connectivity index (χ0v) is 14.3. The minimum atomic E-state index is -0.454. The van der Waals surface area contributed by atoms with Gasteiger partial charge in [0.2, 0.25) is 11.8 Å². The van der Waals surface area contributed by atoms with Gasteiger partial charge >= 0.3 is 0 Å². The van der Waals surface area contributed by atoms with Crippen LogP contribution in [0, 0.1) is 0 Å². The first-order chi connectivity index (χ1) is 12.0. The number of nitrogens with zero attached hydrogens (tertiary/aromatic N) is 1. The van der Waals surface area contributed by atoms with Gasteiger partial charge in [-0.2, -0.15) is 0 Å². The van der Waals surface area contributed by atoms with Crippen molar-refractivity contribution in [3.63, 3.8) is 0 Å². The van der Waals surface area contributed by atoms with Crippen molar-refractivity contribution in [1.29, 1.82) is 0 Å². The highest BCUT2D eigenvalue weighted by Gasteiger charge is 2.31. The first-order valence-electron chi connectivity index (χ1n) is 8.48. The molecule has 0 aliphatic carbocycles. The van der Waals surface area contributed by atoms with Gasteiger partial charge in [-0.15, -0.1) is 0 Å². The molecule has 2 amide bonds. The molecule has 128 valence electrons. The maximum Gasteiger partial charge on any atom is 0.248 e. The largest absolute Gasteiger partial charge is 0.366 e. The molecule has 1 aliphatic rings. The Morgan fingerprint density at radius 2 is 1.76 bits per heavy atom. The quantitative estimate of drug-likeness (QED) is 0.873. The van der Waals surface area contributed by atoms with E-state index in [2.05, 4.69) is 19.1 Å². The van der Waals surface area contributed by atoms with Crippen LogP contribution in [0.1, 0.15) is 40.7 Å². The van der Waals surface area contributed by atoms with E-state index in [4.69, 9.17) is 5.73 Å². The van der Waals surface area contributed by atoms with E-state index in [1.807, 2.05) is 23.1 Å². The van der Waals surface area contributed by atoms with E-state index < -0.39 is 5.91 Å². The van der Waals surface area contributed by atoms with Crippen molar-refractivity contribution < 1.29 is 9.59 Å². The number of likely N-dealkylation sites (tertiary alicyclic amines) is 1. The predicted molar refractivity (Wildman–Crippen MR) is 99.0 cm³/mol. The SMILES string of the molecule is CC1CC(c2ccccc2)CN1C(=O)/C=C/c1ccc(C(N)=O)cc1. The average Bonchev–Trinajstić information content (AvgIpc) is 3.02. The summed E-state index contributed by atoms with van der Waals surface area (Å²) in [6.45, 7) is 2.84.